The van der Waals surface area contributed by atoms with Gasteiger partial charge in [-0.3, -0.25) is 4.79 Å². The summed E-state index contributed by atoms with van der Waals surface area (Å²) in [6, 6.07) is 21.4. The Hall–Kier alpha value is -1.91. The lowest BCUT2D eigenvalue weighted by Crippen LogP contribution is -2.67. The average molecular weight is 425 g/mol. The monoisotopic (exact) mass is 424 g/mol. The maximum atomic E-state index is 12.2. The third-order valence-electron chi connectivity index (χ3n) is 6.53. The van der Waals surface area contributed by atoms with Gasteiger partial charge in [-0.2, -0.15) is 0 Å². The molecule has 162 valence electrons. The molecule has 0 spiro atoms. The largest absolute Gasteiger partial charge is 0.462 e. The van der Waals surface area contributed by atoms with Crippen LogP contribution in [0.25, 0.3) is 0 Å². The fourth-order valence-electron chi connectivity index (χ4n) is 4.67. The van der Waals surface area contributed by atoms with Crippen molar-refractivity contribution in [3.05, 3.63) is 60.7 Å². The highest BCUT2D eigenvalue weighted by Crippen LogP contribution is 2.38. The molecule has 4 heteroatoms. The summed E-state index contributed by atoms with van der Waals surface area (Å²) in [5.74, 6) is 0.162. The first-order valence-electron chi connectivity index (χ1n) is 11.2. The Labute approximate surface area is 182 Å². The van der Waals surface area contributed by atoms with Crippen molar-refractivity contribution in [1.82, 2.24) is 0 Å². The number of hydrogen-bond donors (Lipinski definition) is 0. The molecule has 3 rings (SSSR count). The normalized spacial score (nSPS) is 21.2. The number of ether oxygens (including phenoxy) is 1. The highest BCUT2D eigenvalue weighted by Gasteiger charge is 2.50. The molecule has 3 atom stereocenters. The topological polar surface area (TPSA) is 35.5 Å². The van der Waals surface area contributed by atoms with E-state index in [1.54, 1.807) is 0 Å². The number of hydrogen-bond acceptors (Lipinski definition) is 3. The first-order chi connectivity index (χ1) is 14.3. The van der Waals surface area contributed by atoms with Gasteiger partial charge < -0.3 is 9.16 Å². The van der Waals surface area contributed by atoms with Crippen molar-refractivity contribution >= 4 is 24.7 Å². The van der Waals surface area contributed by atoms with Gasteiger partial charge in [-0.05, 0) is 34.7 Å². The molecule has 0 saturated carbocycles. The maximum Gasteiger partial charge on any atom is 0.308 e. The molecule has 0 unspecified atom stereocenters. The molecule has 0 aromatic heterocycles. The van der Waals surface area contributed by atoms with Crippen molar-refractivity contribution in [2.24, 2.45) is 11.8 Å². The fraction of sp³-hybridized carbons (Fsp3) is 0.500. The van der Waals surface area contributed by atoms with Crippen LogP contribution in [0.2, 0.25) is 5.04 Å². The van der Waals surface area contributed by atoms with Gasteiger partial charge in [0, 0.05) is 12.5 Å². The zero-order chi connectivity index (χ0) is 21.8. The van der Waals surface area contributed by atoms with Crippen molar-refractivity contribution in [3.63, 3.8) is 0 Å². The third-order valence-corrected chi connectivity index (χ3v) is 11.5. The zero-order valence-electron chi connectivity index (χ0n) is 19.1. The molecule has 0 N–H and O–H groups in total. The van der Waals surface area contributed by atoms with Crippen LogP contribution < -0.4 is 10.4 Å². The van der Waals surface area contributed by atoms with E-state index in [-0.39, 0.29) is 28.9 Å². The van der Waals surface area contributed by atoms with Crippen molar-refractivity contribution in [2.45, 2.75) is 65.0 Å². The van der Waals surface area contributed by atoms with Gasteiger partial charge >= 0.3 is 5.97 Å². The molecule has 1 aliphatic heterocycles. The summed E-state index contributed by atoms with van der Waals surface area (Å²) in [5.41, 5.74) is 0. The molecule has 0 aliphatic carbocycles. The van der Waals surface area contributed by atoms with E-state index < -0.39 is 8.32 Å². The van der Waals surface area contributed by atoms with Gasteiger partial charge in [0.05, 0.1) is 5.92 Å². The van der Waals surface area contributed by atoms with Gasteiger partial charge in [-0.15, -0.1) is 0 Å². The summed E-state index contributed by atoms with van der Waals surface area (Å²) in [5, 5.41) is 2.52. The minimum atomic E-state index is -2.56. The van der Waals surface area contributed by atoms with Crippen molar-refractivity contribution in [1.29, 1.82) is 0 Å². The van der Waals surface area contributed by atoms with Crippen LogP contribution in [0.15, 0.2) is 60.7 Å². The van der Waals surface area contributed by atoms with Gasteiger partial charge in [0.15, 0.2) is 0 Å². The second kappa shape index (κ2) is 9.48. The SMILES string of the molecule is CC[C@@H](CO[Si](c1ccccc1)(c1ccccc1)C(C)(C)C)[C@H]1CC[C@H](C)C(=O)O1. The van der Waals surface area contributed by atoms with Gasteiger partial charge in [-0.25, -0.2) is 0 Å². The molecule has 1 aliphatic rings. The second-order valence-corrected chi connectivity index (χ2v) is 13.9. The van der Waals surface area contributed by atoms with E-state index in [4.69, 9.17) is 9.16 Å². The summed E-state index contributed by atoms with van der Waals surface area (Å²) in [6.45, 7) is 11.6. The zero-order valence-corrected chi connectivity index (χ0v) is 20.1. The van der Waals surface area contributed by atoms with Crippen LogP contribution in [-0.4, -0.2) is 27.0 Å². The van der Waals surface area contributed by atoms with E-state index in [9.17, 15) is 4.79 Å². The Morgan fingerprint density at radius 1 is 1.00 bits per heavy atom. The Kier molecular flexibility index (Phi) is 7.20. The van der Waals surface area contributed by atoms with Gasteiger partial charge in [0.25, 0.3) is 8.32 Å². The van der Waals surface area contributed by atoms with Gasteiger partial charge in [0.1, 0.15) is 6.10 Å². The Morgan fingerprint density at radius 2 is 1.53 bits per heavy atom. The Morgan fingerprint density at radius 3 is 1.97 bits per heavy atom. The number of esters is 1. The van der Waals surface area contributed by atoms with E-state index >= 15 is 0 Å². The van der Waals surface area contributed by atoms with Crippen LogP contribution in [-0.2, 0) is 14.0 Å². The highest BCUT2D eigenvalue weighted by molar-refractivity contribution is 6.99. The quantitative estimate of drug-likeness (QED) is 0.467. The molecule has 30 heavy (non-hydrogen) atoms. The molecule has 2 aromatic carbocycles. The van der Waals surface area contributed by atoms with Crippen LogP contribution in [0.4, 0.5) is 0 Å². The van der Waals surface area contributed by atoms with Crippen LogP contribution in [0.3, 0.4) is 0 Å². The lowest BCUT2D eigenvalue weighted by Gasteiger charge is -2.44. The number of cyclic esters (lactones) is 1. The smallest absolute Gasteiger partial charge is 0.308 e. The summed E-state index contributed by atoms with van der Waals surface area (Å²) in [7, 11) is -2.56. The van der Waals surface area contributed by atoms with Crippen LogP contribution in [0.5, 0.6) is 0 Å². The molecule has 1 saturated heterocycles. The van der Waals surface area contributed by atoms with E-state index in [1.165, 1.54) is 10.4 Å². The van der Waals surface area contributed by atoms with Crippen LogP contribution in [0.1, 0.15) is 53.9 Å². The first-order valence-corrected chi connectivity index (χ1v) is 13.2. The number of benzene rings is 2. The molecule has 2 aromatic rings. The number of carbonyl (C=O) groups is 1. The number of carbonyl (C=O) groups excluding carboxylic acids is 1. The molecule has 1 fully saturated rings. The summed E-state index contributed by atoms with van der Waals surface area (Å²) < 4.78 is 12.9. The molecular formula is C26H36O3Si. The summed E-state index contributed by atoms with van der Waals surface area (Å²) in [6.07, 6.45) is 2.72. The Bertz CT molecular complexity index is 774. The molecule has 0 amide bonds. The molecule has 3 nitrogen and oxygen atoms in total. The molecular weight excluding hydrogens is 388 g/mol. The average Bonchev–Trinajstić information content (AvgIpc) is 2.74. The summed E-state index contributed by atoms with van der Waals surface area (Å²) >= 11 is 0. The van der Waals surface area contributed by atoms with Crippen molar-refractivity contribution < 1.29 is 14.0 Å². The van der Waals surface area contributed by atoms with E-state index in [1.807, 2.05) is 6.92 Å². The molecule has 0 radical (unpaired) electrons. The second-order valence-electron chi connectivity index (χ2n) is 9.60. The molecule has 1 heterocycles. The lowest BCUT2D eigenvalue weighted by atomic mass is 9.90. The van der Waals surface area contributed by atoms with E-state index in [0.29, 0.717) is 6.61 Å². The fourth-order valence-corrected chi connectivity index (χ4v) is 9.29. The van der Waals surface area contributed by atoms with E-state index in [2.05, 4.69) is 88.4 Å². The highest BCUT2D eigenvalue weighted by atomic mass is 28.4. The summed E-state index contributed by atoms with van der Waals surface area (Å²) in [4.78, 5) is 12.2. The van der Waals surface area contributed by atoms with Crippen LogP contribution in [0, 0.1) is 11.8 Å². The molecule has 0 bridgehead atoms. The number of rotatable bonds is 7. The maximum absolute atomic E-state index is 12.2. The third kappa shape index (κ3) is 4.55. The first kappa shape index (κ1) is 22.8. The minimum Gasteiger partial charge on any atom is -0.462 e. The standard InChI is InChI=1S/C26H36O3Si/c1-6-21(24-18-17-20(2)25(27)29-24)19-28-30(26(3,4)5,22-13-9-7-10-14-22)23-15-11-8-12-16-23/h7-16,20-21,24H,6,17-19H2,1-5H3/t20-,21-,24+/m0/s1. The van der Waals surface area contributed by atoms with E-state index in [0.717, 1.165) is 19.3 Å². The lowest BCUT2D eigenvalue weighted by molar-refractivity contribution is -0.164. The Balaban J connectivity index is 1.96. The van der Waals surface area contributed by atoms with Gasteiger partial charge in [0.2, 0.25) is 0 Å². The van der Waals surface area contributed by atoms with Crippen molar-refractivity contribution in [3.8, 4) is 0 Å². The van der Waals surface area contributed by atoms with Gasteiger partial charge in [-0.1, -0.05) is 95.3 Å². The predicted octanol–water partition coefficient (Wildman–Crippen LogP) is 4.93. The predicted molar refractivity (Wildman–Crippen MR) is 126 cm³/mol. The minimum absolute atomic E-state index is 0.0105. The van der Waals surface area contributed by atoms with Crippen LogP contribution >= 0.6 is 0 Å². The van der Waals surface area contributed by atoms with Crippen molar-refractivity contribution in [2.75, 3.05) is 6.61 Å².